The maximum absolute atomic E-state index is 11.9. The molecule has 0 aliphatic heterocycles. The van der Waals surface area contributed by atoms with Crippen molar-refractivity contribution in [2.24, 2.45) is 5.92 Å². The van der Waals surface area contributed by atoms with Crippen molar-refractivity contribution in [3.05, 3.63) is 0 Å². The molecule has 0 radical (unpaired) electrons. The van der Waals surface area contributed by atoms with Gasteiger partial charge >= 0.3 is 12.0 Å². The number of rotatable bonds is 7. The van der Waals surface area contributed by atoms with E-state index in [1.165, 1.54) is 7.05 Å². The van der Waals surface area contributed by atoms with Crippen LogP contribution < -0.4 is 10.6 Å². The Morgan fingerprint density at radius 1 is 1.20 bits per heavy atom. The quantitative estimate of drug-likeness (QED) is 0.640. The van der Waals surface area contributed by atoms with Crippen molar-refractivity contribution in [2.75, 3.05) is 13.6 Å². The van der Waals surface area contributed by atoms with Gasteiger partial charge in [0.2, 0.25) is 5.91 Å². The first-order chi connectivity index (χ1) is 9.20. The second-order valence-corrected chi connectivity index (χ2v) is 5.18. The van der Waals surface area contributed by atoms with Gasteiger partial charge in [0.25, 0.3) is 0 Å². The maximum atomic E-state index is 11.9. The molecule has 0 heterocycles. The molecule has 7 heteroatoms. The number of carboxylic acid groups (broad SMARTS) is 1. The van der Waals surface area contributed by atoms with E-state index in [1.54, 1.807) is 13.8 Å². The van der Waals surface area contributed by atoms with Crippen molar-refractivity contribution < 1.29 is 19.5 Å². The van der Waals surface area contributed by atoms with E-state index >= 15 is 0 Å². The number of urea groups is 1. The Morgan fingerprint density at radius 3 is 2.15 bits per heavy atom. The summed E-state index contributed by atoms with van der Waals surface area (Å²) >= 11 is 0. The third-order valence-electron chi connectivity index (χ3n) is 2.88. The molecule has 0 aliphatic rings. The van der Waals surface area contributed by atoms with Gasteiger partial charge < -0.3 is 20.6 Å². The van der Waals surface area contributed by atoms with E-state index in [4.69, 9.17) is 5.11 Å². The van der Waals surface area contributed by atoms with Gasteiger partial charge in [-0.1, -0.05) is 20.8 Å². The summed E-state index contributed by atoms with van der Waals surface area (Å²) in [5, 5.41) is 14.2. The third-order valence-corrected chi connectivity index (χ3v) is 2.88. The number of nitrogens with one attached hydrogen (secondary N) is 2. The zero-order valence-corrected chi connectivity index (χ0v) is 12.8. The molecular formula is C13H25N3O4. The Morgan fingerprint density at radius 2 is 1.75 bits per heavy atom. The molecule has 0 saturated heterocycles. The lowest BCUT2D eigenvalue weighted by Crippen LogP contribution is -2.53. The number of likely N-dealkylation sites (N-methyl/N-ethyl adjacent to an activating group) is 1. The third kappa shape index (κ3) is 5.90. The van der Waals surface area contributed by atoms with Crippen molar-refractivity contribution in [1.82, 2.24) is 15.5 Å². The summed E-state index contributed by atoms with van der Waals surface area (Å²) < 4.78 is 0. The highest BCUT2D eigenvalue weighted by atomic mass is 16.4. The number of carbonyl (C=O) groups excluding carboxylic acids is 2. The van der Waals surface area contributed by atoms with Crippen LogP contribution in [0.2, 0.25) is 0 Å². The summed E-state index contributed by atoms with van der Waals surface area (Å²) in [7, 11) is 1.40. The molecule has 7 nitrogen and oxygen atoms in total. The summed E-state index contributed by atoms with van der Waals surface area (Å²) in [6.07, 6.45) is 0.299. The molecule has 3 amide bonds. The van der Waals surface area contributed by atoms with Gasteiger partial charge in [0.05, 0.1) is 0 Å². The Balaban J connectivity index is 4.44. The van der Waals surface area contributed by atoms with Crippen LogP contribution in [-0.4, -0.2) is 53.6 Å². The van der Waals surface area contributed by atoms with Gasteiger partial charge in [-0.15, -0.1) is 0 Å². The molecular weight excluding hydrogens is 262 g/mol. The first-order valence-corrected chi connectivity index (χ1v) is 6.74. The largest absolute Gasteiger partial charge is 0.480 e. The average Bonchev–Trinajstić information content (AvgIpc) is 2.35. The molecule has 0 aromatic heterocycles. The topological polar surface area (TPSA) is 98.7 Å². The zero-order valence-electron chi connectivity index (χ0n) is 12.8. The number of hydrogen-bond acceptors (Lipinski definition) is 3. The van der Waals surface area contributed by atoms with E-state index in [9.17, 15) is 14.4 Å². The first kappa shape index (κ1) is 18.2. The second kappa shape index (κ2) is 8.39. The summed E-state index contributed by atoms with van der Waals surface area (Å²) in [5.41, 5.74) is 0. The first-order valence-electron chi connectivity index (χ1n) is 6.74. The van der Waals surface area contributed by atoms with E-state index in [0.29, 0.717) is 18.9 Å². The number of nitrogens with zero attached hydrogens (tertiary/aromatic N) is 1. The Kier molecular flexibility index (Phi) is 7.64. The van der Waals surface area contributed by atoms with Crippen molar-refractivity contribution >= 4 is 17.9 Å². The molecule has 0 aromatic rings. The van der Waals surface area contributed by atoms with Crippen LogP contribution >= 0.6 is 0 Å². The fraction of sp³-hybridized carbons (Fsp3) is 0.769. The van der Waals surface area contributed by atoms with E-state index in [2.05, 4.69) is 10.6 Å². The van der Waals surface area contributed by atoms with Crippen LogP contribution in [0.1, 0.15) is 34.1 Å². The number of aliphatic carboxylic acids is 1. The summed E-state index contributed by atoms with van der Waals surface area (Å²) in [5.74, 6) is -1.04. The molecule has 0 spiro atoms. The monoisotopic (exact) mass is 287 g/mol. The lowest BCUT2D eigenvalue weighted by Gasteiger charge is -2.25. The van der Waals surface area contributed by atoms with Gasteiger partial charge in [0.1, 0.15) is 12.1 Å². The van der Waals surface area contributed by atoms with Crippen LogP contribution in [0.4, 0.5) is 4.79 Å². The normalized spacial score (nSPS) is 13.5. The summed E-state index contributed by atoms with van der Waals surface area (Å²) in [6, 6.07) is -2.19. The maximum Gasteiger partial charge on any atom is 0.326 e. The van der Waals surface area contributed by atoms with Crippen molar-refractivity contribution in [1.29, 1.82) is 0 Å². The van der Waals surface area contributed by atoms with Gasteiger partial charge in [-0.3, -0.25) is 4.79 Å². The molecule has 0 bridgehead atoms. The Bertz CT molecular complexity index is 358. The molecule has 116 valence electrons. The highest BCUT2D eigenvalue weighted by Crippen LogP contribution is 2.02. The highest BCUT2D eigenvalue weighted by Gasteiger charge is 2.26. The van der Waals surface area contributed by atoms with Crippen LogP contribution in [-0.2, 0) is 9.59 Å². The van der Waals surface area contributed by atoms with E-state index in [0.717, 1.165) is 4.90 Å². The number of amides is 3. The number of carbonyl (C=O) groups is 3. The van der Waals surface area contributed by atoms with Crippen molar-refractivity contribution in [3.63, 3.8) is 0 Å². The molecule has 0 fully saturated rings. The van der Waals surface area contributed by atoms with Gasteiger partial charge in [0.15, 0.2) is 0 Å². The van der Waals surface area contributed by atoms with Gasteiger partial charge in [-0.25, -0.2) is 9.59 Å². The van der Waals surface area contributed by atoms with Crippen LogP contribution in [0.15, 0.2) is 0 Å². The Hall–Kier alpha value is -1.79. The van der Waals surface area contributed by atoms with Crippen LogP contribution in [0, 0.1) is 5.92 Å². The summed E-state index contributed by atoms with van der Waals surface area (Å²) in [4.78, 5) is 35.7. The fourth-order valence-corrected chi connectivity index (χ4v) is 1.57. The molecule has 0 aromatic carbocycles. The minimum atomic E-state index is -1.07. The van der Waals surface area contributed by atoms with Crippen LogP contribution in [0.5, 0.6) is 0 Å². The second-order valence-electron chi connectivity index (χ2n) is 5.18. The van der Waals surface area contributed by atoms with Crippen LogP contribution in [0.25, 0.3) is 0 Å². The Labute approximate surface area is 119 Å². The zero-order chi connectivity index (χ0) is 15.9. The molecule has 2 atom stereocenters. The molecule has 0 rings (SSSR count). The van der Waals surface area contributed by atoms with E-state index < -0.39 is 24.1 Å². The standard InChI is InChI=1S/C13H25N3O4/c1-6-10(12(18)19)16(5)13(20)15-9(4)11(17)14-7-8(2)3/h8-10H,6-7H2,1-5H3,(H,14,17)(H,15,20)(H,18,19). The fourth-order valence-electron chi connectivity index (χ4n) is 1.57. The van der Waals surface area contributed by atoms with Crippen molar-refractivity contribution in [2.45, 2.75) is 46.2 Å². The number of hydrogen-bond donors (Lipinski definition) is 3. The molecule has 0 saturated carbocycles. The van der Waals surface area contributed by atoms with E-state index in [-0.39, 0.29) is 5.91 Å². The lowest BCUT2D eigenvalue weighted by molar-refractivity contribution is -0.141. The predicted octanol–water partition coefficient (Wildman–Crippen LogP) is 0.652. The number of carboxylic acids is 1. The molecule has 0 aliphatic carbocycles. The molecule has 20 heavy (non-hydrogen) atoms. The summed E-state index contributed by atoms with van der Waals surface area (Å²) in [6.45, 7) is 7.71. The lowest BCUT2D eigenvalue weighted by atomic mass is 10.2. The van der Waals surface area contributed by atoms with Gasteiger partial charge in [-0.05, 0) is 19.3 Å². The SMILES string of the molecule is CCC(C(=O)O)N(C)C(=O)NC(C)C(=O)NCC(C)C. The molecule has 2 unspecified atom stereocenters. The predicted molar refractivity (Wildman–Crippen MR) is 75.3 cm³/mol. The highest BCUT2D eigenvalue weighted by molar-refractivity contribution is 5.88. The molecule has 3 N–H and O–H groups in total. The van der Waals surface area contributed by atoms with E-state index in [1.807, 2.05) is 13.8 Å². The van der Waals surface area contributed by atoms with Crippen molar-refractivity contribution in [3.8, 4) is 0 Å². The van der Waals surface area contributed by atoms with Crippen LogP contribution in [0.3, 0.4) is 0 Å². The smallest absolute Gasteiger partial charge is 0.326 e. The minimum Gasteiger partial charge on any atom is -0.480 e. The average molecular weight is 287 g/mol. The van der Waals surface area contributed by atoms with Gasteiger partial charge in [-0.2, -0.15) is 0 Å². The minimum absolute atomic E-state index is 0.288. The van der Waals surface area contributed by atoms with Gasteiger partial charge in [0, 0.05) is 13.6 Å².